The molecule has 3 nitrogen and oxygen atoms in total. The van der Waals surface area contributed by atoms with Gasteiger partial charge in [-0.1, -0.05) is 12.1 Å². The Kier molecular flexibility index (Phi) is 7.05. The summed E-state index contributed by atoms with van der Waals surface area (Å²) in [7, 11) is 0. The van der Waals surface area contributed by atoms with E-state index in [-0.39, 0.29) is 115 Å². The molecule has 0 saturated heterocycles. The van der Waals surface area contributed by atoms with Crippen molar-refractivity contribution in [1.29, 1.82) is 0 Å². The van der Waals surface area contributed by atoms with Gasteiger partial charge >= 0.3 is 103 Å². The van der Waals surface area contributed by atoms with Gasteiger partial charge in [-0.15, -0.1) is 0 Å². The molecule has 1 aliphatic heterocycles. The number of imide groups is 1. The van der Waals surface area contributed by atoms with Gasteiger partial charge in [-0.05, 0) is 12.1 Å². The fourth-order valence-corrected chi connectivity index (χ4v) is 1.12. The maximum atomic E-state index is 10.9. The van der Waals surface area contributed by atoms with Crippen LogP contribution in [0.1, 0.15) is 20.7 Å². The number of amides is 2. The van der Waals surface area contributed by atoms with Gasteiger partial charge < -0.3 is 0 Å². The summed E-state index contributed by atoms with van der Waals surface area (Å²) in [6.07, 6.45) is 0. The van der Waals surface area contributed by atoms with Crippen LogP contribution in [0.15, 0.2) is 24.3 Å². The summed E-state index contributed by atoms with van der Waals surface area (Å²) in [4.78, 5) is 21.9. The molecule has 1 aromatic rings. The van der Waals surface area contributed by atoms with Crippen LogP contribution in [0.25, 0.3) is 0 Å². The first-order valence-corrected chi connectivity index (χ1v) is 3.24. The van der Waals surface area contributed by atoms with Crippen LogP contribution in [-0.4, -0.2) is 115 Å². The van der Waals surface area contributed by atoms with E-state index in [0.717, 1.165) is 0 Å². The molecule has 13 heavy (non-hydrogen) atoms. The number of rotatable bonds is 0. The van der Waals surface area contributed by atoms with E-state index >= 15 is 0 Å². The number of benzene rings is 1. The van der Waals surface area contributed by atoms with Crippen molar-refractivity contribution in [2.45, 2.75) is 0 Å². The molecule has 0 aliphatic carbocycles. The standard InChI is InChI=1S/C8H5NO2.2K.2H/c10-7-5-3-1-2-4-6(5)8(11)9-7;;;;/h1-4H,(H,9,10,11);;;;. The monoisotopic (exact) mass is 227 g/mol. The average Bonchev–Trinajstić information content (AvgIpc) is 2.30. The molecule has 0 unspecified atom stereocenters. The zero-order valence-electron chi connectivity index (χ0n) is 5.63. The normalized spacial score (nSPS) is 12.3. The van der Waals surface area contributed by atoms with Gasteiger partial charge in [-0.25, -0.2) is 0 Å². The summed E-state index contributed by atoms with van der Waals surface area (Å²) in [5, 5.41) is 2.20. The second kappa shape index (κ2) is 6.27. The van der Waals surface area contributed by atoms with Crippen LogP contribution in [0.5, 0.6) is 0 Å². The Morgan fingerprint density at radius 1 is 0.846 bits per heavy atom. The second-order valence-electron chi connectivity index (χ2n) is 2.33. The van der Waals surface area contributed by atoms with Crippen LogP contribution in [0, 0.1) is 0 Å². The SMILES string of the molecule is O=C1NC(=O)c2ccccc21.[KH].[KH]. The van der Waals surface area contributed by atoms with E-state index in [4.69, 9.17) is 0 Å². The zero-order chi connectivity index (χ0) is 7.84. The number of hydrogen-bond acceptors (Lipinski definition) is 2. The van der Waals surface area contributed by atoms with Crippen molar-refractivity contribution in [3.63, 3.8) is 0 Å². The Labute approximate surface area is 161 Å². The number of fused-ring (bicyclic) bond motifs is 1. The van der Waals surface area contributed by atoms with Crippen molar-refractivity contribution in [2.24, 2.45) is 0 Å². The minimum absolute atomic E-state index is 0. The van der Waals surface area contributed by atoms with Crippen LogP contribution in [-0.2, 0) is 0 Å². The van der Waals surface area contributed by atoms with Gasteiger partial charge in [0.25, 0.3) is 11.8 Å². The second-order valence-corrected chi connectivity index (χ2v) is 2.33. The molecule has 2 amide bonds. The number of carbonyl (C=O) groups is 2. The summed E-state index contributed by atoms with van der Waals surface area (Å²) in [6.45, 7) is 0. The summed E-state index contributed by atoms with van der Waals surface area (Å²) in [5.74, 6) is -0.601. The quantitative estimate of drug-likeness (QED) is 0.469. The molecular formula is C8H7K2NO2. The topological polar surface area (TPSA) is 46.2 Å². The third-order valence-electron chi connectivity index (χ3n) is 1.64. The maximum absolute atomic E-state index is 10.9. The van der Waals surface area contributed by atoms with Crippen molar-refractivity contribution in [3.8, 4) is 0 Å². The number of carbonyl (C=O) groups excluding carboxylic acids is 2. The van der Waals surface area contributed by atoms with Gasteiger partial charge in [0, 0.05) is 0 Å². The molecular weight excluding hydrogens is 220 g/mol. The Morgan fingerprint density at radius 3 is 1.62 bits per heavy atom. The van der Waals surface area contributed by atoms with Crippen molar-refractivity contribution >= 4 is 115 Å². The van der Waals surface area contributed by atoms with Gasteiger partial charge in [0.2, 0.25) is 0 Å². The fourth-order valence-electron chi connectivity index (χ4n) is 1.12. The van der Waals surface area contributed by atoms with Crippen LogP contribution >= 0.6 is 0 Å². The molecule has 5 heteroatoms. The molecule has 1 N–H and O–H groups in total. The predicted molar refractivity (Wildman–Crippen MR) is 52.5 cm³/mol. The van der Waals surface area contributed by atoms with E-state index in [9.17, 15) is 9.59 Å². The van der Waals surface area contributed by atoms with E-state index in [0.29, 0.717) is 11.1 Å². The van der Waals surface area contributed by atoms with Crippen molar-refractivity contribution < 1.29 is 9.59 Å². The van der Waals surface area contributed by atoms with E-state index in [2.05, 4.69) is 5.32 Å². The molecule has 0 aromatic heterocycles. The zero-order valence-corrected chi connectivity index (χ0v) is 5.63. The van der Waals surface area contributed by atoms with Gasteiger partial charge in [-0.2, -0.15) is 0 Å². The molecule has 0 bridgehead atoms. The molecule has 1 aromatic carbocycles. The Morgan fingerprint density at radius 2 is 1.23 bits per heavy atom. The third kappa shape index (κ3) is 3.04. The fraction of sp³-hybridized carbons (Fsp3) is 0. The molecule has 58 valence electrons. The first-order chi connectivity index (χ1) is 5.29. The van der Waals surface area contributed by atoms with Gasteiger partial charge in [0.1, 0.15) is 0 Å². The Bertz CT molecular complexity index is 319. The van der Waals surface area contributed by atoms with Crippen molar-refractivity contribution in [1.82, 2.24) is 5.32 Å². The molecule has 1 heterocycles. The summed E-state index contributed by atoms with van der Waals surface area (Å²) < 4.78 is 0. The van der Waals surface area contributed by atoms with E-state index in [1.165, 1.54) is 0 Å². The van der Waals surface area contributed by atoms with E-state index < -0.39 is 0 Å². The molecule has 0 spiro atoms. The minimum atomic E-state index is -0.300. The third-order valence-corrected chi connectivity index (χ3v) is 1.64. The molecule has 0 fully saturated rings. The van der Waals surface area contributed by atoms with Crippen LogP contribution in [0.2, 0.25) is 0 Å². The van der Waals surface area contributed by atoms with Crippen molar-refractivity contribution in [2.75, 3.05) is 0 Å². The Balaban J connectivity index is 0.000000720. The molecule has 0 radical (unpaired) electrons. The van der Waals surface area contributed by atoms with Crippen LogP contribution in [0.4, 0.5) is 0 Å². The number of hydrogen-bond donors (Lipinski definition) is 1. The first kappa shape index (κ1) is 14.6. The molecule has 0 atom stereocenters. The number of nitrogens with one attached hydrogen (secondary N) is 1. The molecule has 1 aliphatic rings. The van der Waals surface area contributed by atoms with Gasteiger partial charge in [-0.3, -0.25) is 14.9 Å². The van der Waals surface area contributed by atoms with Crippen LogP contribution in [0.3, 0.4) is 0 Å². The van der Waals surface area contributed by atoms with Gasteiger partial charge in [0.05, 0.1) is 11.1 Å². The summed E-state index contributed by atoms with van der Waals surface area (Å²) >= 11 is 0. The summed E-state index contributed by atoms with van der Waals surface area (Å²) in [5.41, 5.74) is 0.940. The van der Waals surface area contributed by atoms with E-state index in [1.807, 2.05) is 0 Å². The van der Waals surface area contributed by atoms with Crippen molar-refractivity contribution in [3.05, 3.63) is 35.4 Å². The van der Waals surface area contributed by atoms with E-state index in [1.54, 1.807) is 24.3 Å². The van der Waals surface area contributed by atoms with Gasteiger partial charge in [0.15, 0.2) is 0 Å². The predicted octanol–water partition coefficient (Wildman–Crippen LogP) is -0.727. The summed E-state index contributed by atoms with van der Waals surface area (Å²) in [6, 6.07) is 6.74. The Hall–Kier alpha value is 1.63. The van der Waals surface area contributed by atoms with Crippen LogP contribution < -0.4 is 5.32 Å². The molecule has 2 rings (SSSR count). The molecule has 0 saturated carbocycles. The first-order valence-electron chi connectivity index (χ1n) is 3.24. The average molecular weight is 227 g/mol.